The Bertz CT molecular complexity index is 37.4. The van der Waals surface area contributed by atoms with E-state index >= 15 is 0 Å². The Hall–Kier alpha value is 1.04. The molecule has 0 aromatic rings. The van der Waals surface area contributed by atoms with Crippen molar-refractivity contribution in [3.8, 4) is 0 Å². The summed E-state index contributed by atoms with van der Waals surface area (Å²) in [6.07, 6.45) is 2.47. The second kappa shape index (κ2) is 8.04. The van der Waals surface area contributed by atoms with E-state index in [-0.39, 0.29) is 0 Å². The Kier molecular flexibility index (Phi) is 9.09. The number of hydrogen-bond acceptors (Lipinski definition) is 2. The monoisotopic (exact) mass is 245 g/mol. The third kappa shape index (κ3) is 7.04. The number of thioether (sulfide) groups is 1. The summed E-state index contributed by atoms with van der Waals surface area (Å²) >= 11 is 4.35. The highest BCUT2D eigenvalue weighted by Gasteiger charge is 1.84. The van der Waals surface area contributed by atoms with Crippen molar-refractivity contribution in [2.24, 2.45) is 5.73 Å². The summed E-state index contributed by atoms with van der Waals surface area (Å²) in [6, 6.07) is 0. The second-order valence-electron chi connectivity index (χ2n) is 1.51. The number of unbranched alkanes of at least 4 members (excludes halogenated alkanes) is 1. The van der Waals surface area contributed by atoms with Crippen LogP contribution in [0.5, 0.6) is 0 Å². The maximum absolute atomic E-state index is 5.30. The predicted molar refractivity (Wildman–Crippen MR) is 49.6 cm³/mol. The number of hydrogen-bond donors (Lipinski definition) is 1. The van der Waals surface area contributed by atoms with Gasteiger partial charge in [0.2, 0.25) is 0 Å². The summed E-state index contributed by atoms with van der Waals surface area (Å²) in [5.41, 5.74) is 5.30. The first-order valence-electron chi connectivity index (χ1n) is 2.75. The Labute approximate surface area is 68.9 Å². The molecule has 0 bridgehead atoms. The molecule has 0 aliphatic heterocycles. The molecule has 0 rings (SSSR count). The average Bonchev–Trinajstić information content (AvgIpc) is 1.81. The van der Waals surface area contributed by atoms with Gasteiger partial charge in [0.1, 0.15) is 0 Å². The van der Waals surface area contributed by atoms with Gasteiger partial charge in [-0.05, 0) is 25.1 Å². The van der Waals surface area contributed by atoms with E-state index in [0.717, 1.165) is 6.54 Å². The van der Waals surface area contributed by atoms with E-state index in [1.54, 1.807) is 0 Å². The van der Waals surface area contributed by atoms with Gasteiger partial charge in [-0.15, -0.1) is 0 Å². The highest BCUT2D eigenvalue weighted by atomic mass is 127. The Balaban J connectivity index is 2.53. The summed E-state index contributed by atoms with van der Waals surface area (Å²) in [5, 5.41) is 0. The lowest BCUT2D eigenvalue weighted by molar-refractivity contribution is 0.815. The van der Waals surface area contributed by atoms with Crippen molar-refractivity contribution in [3.63, 3.8) is 0 Å². The Morgan fingerprint density at radius 3 is 2.62 bits per heavy atom. The topological polar surface area (TPSA) is 26.0 Å². The molecule has 0 aromatic carbocycles. The summed E-state index contributed by atoms with van der Waals surface area (Å²) in [7, 11) is 0. The number of halogens is 1. The van der Waals surface area contributed by atoms with Gasteiger partial charge in [0.15, 0.2) is 0 Å². The lowest BCUT2D eigenvalue weighted by Gasteiger charge is -1.93. The van der Waals surface area contributed by atoms with E-state index in [0.29, 0.717) is 0 Å². The molecule has 0 radical (unpaired) electrons. The van der Waals surface area contributed by atoms with E-state index in [4.69, 9.17) is 5.73 Å². The van der Waals surface area contributed by atoms with Crippen LogP contribution in [-0.4, -0.2) is 16.1 Å². The molecule has 0 aliphatic carbocycles. The fourth-order valence-electron chi connectivity index (χ4n) is 0.403. The molecular formula is C5H12INS. The molecule has 2 N–H and O–H groups in total. The van der Waals surface area contributed by atoms with Gasteiger partial charge in [0.05, 0.1) is 0 Å². The van der Waals surface area contributed by atoms with Crippen LogP contribution in [0.4, 0.5) is 0 Å². The lowest BCUT2D eigenvalue weighted by atomic mass is 10.3. The first kappa shape index (κ1) is 9.04. The summed E-state index contributed by atoms with van der Waals surface area (Å²) < 4.78 is 1.21. The molecule has 0 saturated heterocycles. The maximum Gasteiger partial charge on any atom is 0.0454 e. The molecule has 0 heterocycles. The van der Waals surface area contributed by atoms with Crippen LogP contribution in [0.25, 0.3) is 0 Å². The second-order valence-corrected chi connectivity index (χ2v) is 4.42. The van der Waals surface area contributed by atoms with Crippen molar-refractivity contribution < 1.29 is 0 Å². The fourth-order valence-corrected chi connectivity index (χ4v) is 1.85. The smallest absolute Gasteiger partial charge is 0.0454 e. The summed E-state index contributed by atoms with van der Waals surface area (Å²) in [4.78, 5) is 0. The zero-order valence-electron chi connectivity index (χ0n) is 4.90. The minimum Gasteiger partial charge on any atom is -0.330 e. The molecule has 0 spiro atoms. The van der Waals surface area contributed by atoms with E-state index < -0.39 is 0 Å². The quantitative estimate of drug-likeness (QED) is 0.454. The summed E-state index contributed by atoms with van der Waals surface area (Å²) in [6.45, 7) is 0.849. The van der Waals surface area contributed by atoms with Crippen molar-refractivity contribution in [3.05, 3.63) is 0 Å². The molecule has 0 aromatic heterocycles. The highest BCUT2D eigenvalue weighted by Crippen LogP contribution is 2.06. The molecule has 0 fully saturated rings. The van der Waals surface area contributed by atoms with Crippen LogP contribution in [0, 0.1) is 0 Å². The van der Waals surface area contributed by atoms with E-state index in [1.165, 1.54) is 22.4 Å². The van der Waals surface area contributed by atoms with Crippen LogP contribution in [0.2, 0.25) is 0 Å². The molecule has 0 amide bonds. The van der Waals surface area contributed by atoms with Gasteiger partial charge in [-0.2, -0.15) is 11.8 Å². The third-order valence-electron chi connectivity index (χ3n) is 0.820. The van der Waals surface area contributed by atoms with Crippen molar-refractivity contribution in [2.75, 3.05) is 16.1 Å². The highest BCUT2D eigenvalue weighted by molar-refractivity contribution is 14.1. The van der Waals surface area contributed by atoms with Crippen molar-refractivity contribution in [1.29, 1.82) is 0 Å². The maximum atomic E-state index is 5.30. The molecular weight excluding hydrogens is 233 g/mol. The van der Waals surface area contributed by atoms with Crippen molar-refractivity contribution in [1.82, 2.24) is 0 Å². The molecule has 0 aliphatic rings. The van der Waals surface area contributed by atoms with Crippen LogP contribution in [-0.2, 0) is 0 Å². The van der Waals surface area contributed by atoms with Gasteiger partial charge < -0.3 is 5.73 Å². The normalized spacial score (nSPS) is 9.75. The van der Waals surface area contributed by atoms with E-state index in [1.807, 2.05) is 11.8 Å². The van der Waals surface area contributed by atoms with Crippen molar-refractivity contribution >= 4 is 34.4 Å². The number of nitrogens with two attached hydrogens (primary N) is 1. The molecule has 0 unspecified atom stereocenters. The molecule has 1 nitrogen and oxygen atoms in total. The van der Waals surface area contributed by atoms with Crippen LogP contribution in [0.3, 0.4) is 0 Å². The third-order valence-corrected chi connectivity index (χ3v) is 2.87. The van der Waals surface area contributed by atoms with Crippen LogP contribution in [0.15, 0.2) is 0 Å². The minimum atomic E-state index is 0.849. The summed E-state index contributed by atoms with van der Waals surface area (Å²) in [5.74, 6) is 1.28. The van der Waals surface area contributed by atoms with Crippen LogP contribution in [0.1, 0.15) is 12.8 Å². The molecule has 50 valence electrons. The van der Waals surface area contributed by atoms with E-state index in [2.05, 4.69) is 22.6 Å². The first-order chi connectivity index (χ1) is 3.91. The minimum absolute atomic E-state index is 0.849. The fraction of sp³-hybridized carbons (Fsp3) is 1.00. The SMILES string of the molecule is NCCCCSCI. The van der Waals surface area contributed by atoms with Gasteiger partial charge in [-0.1, -0.05) is 22.6 Å². The molecule has 8 heavy (non-hydrogen) atoms. The van der Waals surface area contributed by atoms with Gasteiger partial charge in [-0.25, -0.2) is 0 Å². The Morgan fingerprint density at radius 2 is 2.12 bits per heavy atom. The van der Waals surface area contributed by atoms with Gasteiger partial charge >= 0.3 is 0 Å². The van der Waals surface area contributed by atoms with Crippen LogP contribution >= 0.6 is 34.4 Å². The molecule has 0 atom stereocenters. The predicted octanol–water partition coefficient (Wildman–Crippen LogP) is 1.85. The largest absolute Gasteiger partial charge is 0.330 e. The van der Waals surface area contributed by atoms with Crippen LogP contribution < -0.4 is 5.73 Å². The molecule has 3 heteroatoms. The van der Waals surface area contributed by atoms with Gasteiger partial charge in [0, 0.05) is 3.76 Å². The lowest BCUT2D eigenvalue weighted by Crippen LogP contribution is -1.98. The van der Waals surface area contributed by atoms with E-state index in [9.17, 15) is 0 Å². The van der Waals surface area contributed by atoms with Gasteiger partial charge in [-0.3, -0.25) is 0 Å². The number of alkyl halides is 1. The van der Waals surface area contributed by atoms with Crippen molar-refractivity contribution in [2.45, 2.75) is 12.8 Å². The Morgan fingerprint density at radius 1 is 1.38 bits per heavy atom. The zero-order chi connectivity index (χ0) is 6.24. The average molecular weight is 245 g/mol. The standard InChI is InChI=1S/C5H12INS/c6-5-8-4-2-1-3-7/h1-5,7H2. The number of rotatable bonds is 5. The zero-order valence-corrected chi connectivity index (χ0v) is 7.87. The first-order valence-corrected chi connectivity index (χ1v) is 5.43. The van der Waals surface area contributed by atoms with Gasteiger partial charge in [0.25, 0.3) is 0 Å². The molecule has 0 saturated carbocycles.